The first-order valence-corrected chi connectivity index (χ1v) is 5.43. The first kappa shape index (κ1) is 10.6. The van der Waals surface area contributed by atoms with Crippen LogP contribution in [0.5, 0.6) is 0 Å². The fourth-order valence-corrected chi connectivity index (χ4v) is 1.83. The molecule has 0 radical (unpaired) electrons. The van der Waals surface area contributed by atoms with Gasteiger partial charge in [-0.2, -0.15) is 0 Å². The predicted molar refractivity (Wildman–Crippen MR) is 58.3 cm³/mol. The zero-order valence-electron chi connectivity index (χ0n) is 8.73. The van der Waals surface area contributed by atoms with Crippen LogP contribution in [0, 0.1) is 0 Å². The van der Waals surface area contributed by atoms with E-state index in [1.54, 1.807) is 0 Å². The van der Waals surface area contributed by atoms with E-state index < -0.39 is 6.29 Å². The minimum Gasteiger partial charge on any atom is -0.367 e. The summed E-state index contributed by atoms with van der Waals surface area (Å²) in [6, 6.07) is 10.0. The largest absolute Gasteiger partial charge is 0.367 e. The van der Waals surface area contributed by atoms with E-state index in [0.717, 1.165) is 24.9 Å². The molecule has 1 aromatic rings. The molecule has 1 heterocycles. The summed E-state index contributed by atoms with van der Waals surface area (Å²) in [4.78, 5) is 0. The first-order valence-electron chi connectivity index (χ1n) is 5.43. The Labute approximate surface area is 90.1 Å². The van der Waals surface area contributed by atoms with Gasteiger partial charge in [0.25, 0.3) is 0 Å². The van der Waals surface area contributed by atoms with Crippen LogP contribution in [0.4, 0.5) is 0 Å². The second kappa shape index (κ2) is 5.26. The summed E-state index contributed by atoms with van der Waals surface area (Å²) in [6.45, 7) is 1.45. The number of nitrogens with one attached hydrogen (secondary N) is 1. The Kier molecular flexibility index (Phi) is 3.72. The Bertz CT molecular complexity index is 283. The molecule has 2 unspecified atom stereocenters. The molecule has 0 amide bonds. The molecular formula is C12H17NO2. The molecule has 2 atom stereocenters. The molecule has 0 spiro atoms. The van der Waals surface area contributed by atoms with Crippen molar-refractivity contribution in [2.75, 3.05) is 6.54 Å². The molecule has 82 valence electrons. The van der Waals surface area contributed by atoms with Crippen LogP contribution in [0.2, 0.25) is 0 Å². The van der Waals surface area contributed by atoms with Crippen molar-refractivity contribution in [3.8, 4) is 0 Å². The van der Waals surface area contributed by atoms with Gasteiger partial charge in [0.1, 0.15) is 0 Å². The Balaban J connectivity index is 1.77. The maximum atomic E-state index is 9.73. The van der Waals surface area contributed by atoms with Crippen LogP contribution in [0.15, 0.2) is 30.3 Å². The highest BCUT2D eigenvalue weighted by atomic mass is 16.6. The second-order valence-electron chi connectivity index (χ2n) is 3.89. The fraction of sp³-hybridized carbons (Fsp3) is 0.500. The molecule has 0 aromatic heterocycles. The quantitative estimate of drug-likeness (QED) is 0.731. The number of hydrogen-bond donors (Lipinski definition) is 2. The van der Waals surface area contributed by atoms with E-state index in [-0.39, 0.29) is 6.04 Å². The van der Waals surface area contributed by atoms with E-state index >= 15 is 0 Å². The molecule has 3 heteroatoms. The molecule has 1 aliphatic rings. The van der Waals surface area contributed by atoms with Gasteiger partial charge in [0.2, 0.25) is 0 Å². The lowest BCUT2D eigenvalue weighted by Crippen LogP contribution is -2.36. The lowest BCUT2D eigenvalue weighted by atomic mass is 10.2. The van der Waals surface area contributed by atoms with Crippen LogP contribution in [-0.2, 0) is 11.3 Å². The van der Waals surface area contributed by atoms with Gasteiger partial charge in [-0.05, 0) is 24.9 Å². The van der Waals surface area contributed by atoms with Gasteiger partial charge in [-0.25, -0.2) is 0 Å². The molecule has 1 aromatic carbocycles. The average Bonchev–Trinajstić information content (AvgIpc) is 2.81. The number of aliphatic hydroxyl groups is 1. The Morgan fingerprint density at radius 1 is 1.40 bits per heavy atom. The van der Waals surface area contributed by atoms with Gasteiger partial charge in [0.15, 0.2) is 6.29 Å². The maximum absolute atomic E-state index is 9.73. The molecule has 15 heavy (non-hydrogen) atoms. The molecule has 1 fully saturated rings. The van der Waals surface area contributed by atoms with E-state index in [1.807, 2.05) is 30.3 Å². The molecule has 3 nitrogen and oxygen atoms in total. The average molecular weight is 207 g/mol. The highest BCUT2D eigenvalue weighted by Gasteiger charge is 2.22. The summed E-state index contributed by atoms with van der Waals surface area (Å²) in [6.07, 6.45) is 1.43. The third-order valence-corrected chi connectivity index (χ3v) is 2.71. The third-order valence-electron chi connectivity index (χ3n) is 2.71. The van der Waals surface area contributed by atoms with Crippen molar-refractivity contribution in [3.63, 3.8) is 0 Å². The maximum Gasteiger partial charge on any atom is 0.170 e. The number of ether oxygens (including phenoxy) is 1. The van der Waals surface area contributed by atoms with E-state index in [2.05, 4.69) is 5.32 Å². The minimum atomic E-state index is -0.687. The van der Waals surface area contributed by atoms with Crippen LogP contribution >= 0.6 is 0 Å². The Morgan fingerprint density at radius 2 is 2.20 bits per heavy atom. The van der Waals surface area contributed by atoms with E-state index in [9.17, 15) is 5.11 Å². The van der Waals surface area contributed by atoms with Crippen LogP contribution in [0.1, 0.15) is 18.4 Å². The topological polar surface area (TPSA) is 41.5 Å². The van der Waals surface area contributed by atoms with Gasteiger partial charge in [0, 0.05) is 0 Å². The molecule has 1 aliphatic heterocycles. The number of rotatable bonds is 4. The smallest absolute Gasteiger partial charge is 0.170 e. The predicted octanol–water partition coefficient (Wildman–Crippen LogP) is 1.27. The SMILES string of the molecule is OC(OCc1ccccc1)C1CCCN1. The van der Waals surface area contributed by atoms with Crippen LogP contribution < -0.4 is 5.32 Å². The minimum absolute atomic E-state index is 0.105. The van der Waals surface area contributed by atoms with Crippen molar-refractivity contribution in [2.24, 2.45) is 0 Å². The van der Waals surface area contributed by atoms with E-state index in [1.165, 1.54) is 0 Å². The van der Waals surface area contributed by atoms with Gasteiger partial charge in [-0.1, -0.05) is 30.3 Å². The van der Waals surface area contributed by atoms with Gasteiger partial charge in [-0.15, -0.1) is 0 Å². The van der Waals surface area contributed by atoms with E-state index in [0.29, 0.717) is 6.61 Å². The highest BCUT2D eigenvalue weighted by molar-refractivity contribution is 5.13. The van der Waals surface area contributed by atoms with Gasteiger partial charge >= 0.3 is 0 Å². The second-order valence-corrected chi connectivity index (χ2v) is 3.89. The Morgan fingerprint density at radius 3 is 2.87 bits per heavy atom. The van der Waals surface area contributed by atoms with Gasteiger partial charge in [0.05, 0.1) is 12.6 Å². The first-order chi connectivity index (χ1) is 7.36. The zero-order chi connectivity index (χ0) is 10.5. The summed E-state index contributed by atoms with van der Waals surface area (Å²) in [5.41, 5.74) is 1.09. The normalized spacial score (nSPS) is 22.9. The molecule has 0 aliphatic carbocycles. The van der Waals surface area contributed by atoms with Crippen molar-refractivity contribution < 1.29 is 9.84 Å². The molecule has 0 bridgehead atoms. The summed E-state index contributed by atoms with van der Waals surface area (Å²) < 4.78 is 5.40. The molecule has 2 N–H and O–H groups in total. The fourth-order valence-electron chi connectivity index (χ4n) is 1.83. The standard InChI is InChI=1S/C12H17NO2/c14-12(11-7-4-8-13-11)15-9-10-5-2-1-3-6-10/h1-3,5-6,11-14H,4,7-9H2. The van der Waals surface area contributed by atoms with Crippen LogP contribution in [0.25, 0.3) is 0 Å². The number of benzene rings is 1. The van der Waals surface area contributed by atoms with Gasteiger partial charge in [-0.3, -0.25) is 0 Å². The Hall–Kier alpha value is -0.900. The molecule has 1 saturated heterocycles. The van der Waals surface area contributed by atoms with Crippen LogP contribution in [-0.4, -0.2) is 24.0 Å². The van der Waals surface area contributed by atoms with Crippen molar-refractivity contribution in [3.05, 3.63) is 35.9 Å². The van der Waals surface area contributed by atoms with Crippen molar-refractivity contribution >= 4 is 0 Å². The summed E-state index contributed by atoms with van der Waals surface area (Å²) in [7, 11) is 0. The van der Waals surface area contributed by atoms with Crippen molar-refractivity contribution in [2.45, 2.75) is 31.8 Å². The number of aliphatic hydroxyl groups excluding tert-OH is 1. The molecule has 2 rings (SSSR count). The third kappa shape index (κ3) is 3.02. The van der Waals surface area contributed by atoms with Crippen molar-refractivity contribution in [1.29, 1.82) is 0 Å². The highest BCUT2D eigenvalue weighted by Crippen LogP contribution is 2.12. The summed E-state index contributed by atoms with van der Waals surface area (Å²) in [5.74, 6) is 0. The summed E-state index contributed by atoms with van der Waals surface area (Å²) in [5, 5.41) is 12.9. The summed E-state index contributed by atoms with van der Waals surface area (Å²) >= 11 is 0. The monoisotopic (exact) mass is 207 g/mol. The van der Waals surface area contributed by atoms with Gasteiger partial charge < -0.3 is 15.2 Å². The number of hydrogen-bond acceptors (Lipinski definition) is 3. The van der Waals surface area contributed by atoms with E-state index in [4.69, 9.17) is 4.74 Å². The molecule has 0 saturated carbocycles. The van der Waals surface area contributed by atoms with Crippen molar-refractivity contribution in [1.82, 2.24) is 5.32 Å². The van der Waals surface area contributed by atoms with Crippen LogP contribution in [0.3, 0.4) is 0 Å². The molecular weight excluding hydrogens is 190 g/mol. The zero-order valence-corrected chi connectivity index (χ0v) is 8.73. The lowest BCUT2D eigenvalue weighted by Gasteiger charge is -2.18. The lowest BCUT2D eigenvalue weighted by molar-refractivity contribution is -0.125.